The maximum atomic E-state index is 13.0. The van der Waals surface area contributed by atoms with Crippen LogP contribution in [0.2, 0.25) is 0 Å². The van der Waals surface area contributed by atoms with Gasteiger partial charge in [0.15, 0.2) is 0 Å². The van der Waals surface area contributed by atoms with E-state index in [4.69, 9.17) is 5.73 Å². The van der Waals surface area contributed by atoms with Crippen molar-refractivity contribution in [3.05, 3.63) is 35.4 Å². The zero-order chi connectivity index (χ0) is 16.0. The van der Waals surface area contributed by atoms with E-state index in [1.165, 1.54) is 12.1 Å². The van der Waals surface area contributed by atoms with Gasteiger partial charge < -0.3 is 10.6 Å². The summed E-state index contributed by atoms with van der Waals surface area (Å²) in [6, 6.07) is 5.32. The molecule has 2 N–H and O–H groups in total. The Morgan fingerprint density at radius 2 is 1.81 bits per heavy atom. The van der Waals surface area contributed by atoms with E-state index >= 15 is 0 Å². The molecule has 1 atom stereocenters. The Labute approximate surface area is 122 Å². The Morgan fingerprint density at radius 3 is 2.29 bits per heavy atom. The summed E-state index contributed by atoms with van der Waals surface area (Å²) in [7, 11) is 0. The highest BCUT2D eigenvalue weighted by molar-refractivity contribution is 5.79. The number of alkyl halides is 3. The molecule has 1 aromatic carbocycles. The minimum atomic E-state index is -4.42. The molecule has 0 aliphatic rings. The third kappa shape index (κ3) is 4.46. The molecule has 0 heterocycles. The number of amides is 1. The fourth-order valence-electron chi connectivity index (χ4n) is 2.31. The first-order chi connectivity index (χ1) is 9.85. The van der Waals surface area contributed by atoms with Crippen LogP contribution < -0.4 is 5.73 Å². The molecular weight excluding hydrogens is 281 g/mol. The quantitative estimate of drug-likeness (QED) is 0.878. The number of hydrogen-bond acceptors (Lipinski definition) is 2. The summed E-state index contributed by atoms with van der Waals surface area (Å²) >= 11 is 0. The van der Waals surface area contributed by atoms with Gasteiger partial charge in [-0.2, -0.15) is 13.2 Å². The summed E-state index contributed by atoms with van der Waals surface area (Å²) < 4.78 is 38.9. The number of benzene rings is 1. The van der Waals surface area contributed by atoms with Gasteiger partial charge in [-0.3, -0.25) is 4.79 Å². The summed E-state index contributed by atoms with van der Waals surface area (Å²) in [6.07, 6.45) is -4.42. The lowest BCUT2D eigenvalue weighted by Gasteiger charge is -2.25. The van der Waals surface area contributed by atoms with Crippen molar-refractivity contribution in [2.24, 2.45) is 11.7 Å². The van der Waals surface area contributed by atoms with Crippen LogP contribution in [0.15, 0.2) is 24.3 Å². The van der Waals surface area contributed by atoms with Crippen LogP contribution in [0.5, 0.6) is 0 Å². The summed E-state index contributed by atoms with van der Waals surface area (Å²) in [5.74, 6) is -0.826. The Bertz CT molecular complexity index is 470. The molecule has 0 saturated heterocycles. The zero-order valence-corrected chi connectivity index (χ0v) is 12.3. The molecule has 0 fully saturated rings. The van der Waals surface area contributed by atoms with Gasteiger partial charge in [-0.1, -0.05) is 18.2 Å². The van der Waals surface area contributed by atoms with Crippen LogP contribution in [0.4, 0.5) is 13.2 Å². The molecule has 0 spiro atoms. The summed E-state index contributed by atoms with van der Waals surface area (Å²) in [5, 5.41) is 0. The first-order valence-corrected chi connectivity index (χ1v) is 6.99. The normalized spacial score (nSPS) is 13.0. The van der Waals surface area contributed by atoms with Crippen LogP contribution in [-0.4, -0.2) is 30.4 Å². The minimum absolute atomic E-state index is 0.00150. The molecule has 0 aliphatic carbocycles. The molecular formula is C15H21F3N2O. The Balaban J connectivity index is 3.00. The number of hydrogen-bond donors (Lipinski definition) is 1. The SMILES string of the molecule is CCN(CC)C(=O)C(CN)Cc1ccccc1C(F)(F)F. The number of nitrogens with zero attached hydrogens (tertiary/aromatic N) is 1. The lowest BCUT2D eigenvalue weighted by atomic mass is 9.94. The molecule has 0 saturated carbocycles. The van der Waals surface area contributed by atoms with Crippen molar-refractivity contribution in [2.75, 3.05) is 19.6 Å². The number of nitrogens with two attached hydrogens (primary N) is 1. The van der Waals surface area contributed by atoms with Crippen molar-refractivity contribution >= 4 is 5.91 Å². The van der Waals surface area contributed by atoms with Crippen molar-refractivity contribution in [1.29, 1.82) is 0 Å². The highest BCUT2D eigenvalue weighted by Gasteiger charge is 2.34. The average molecular weight is 302 g/mol. The molecule has 3 nitrogen and oxygen atoms in total. The molecule has 1 amide bonds. The highest BCUT2D eigenvalue weighted by Crippen LogP contribution is 2.32. The minimum Gasteiger partial charge on any atom is -0.343 e. The van der Waals surface area contributed by atoms with Crippen LogP contribution in [0.1, 0.15) is 25.0 Å². The Morgan fingerprint density at radius 1 is 1.24 bits per heavy atom. The van der Waals surface area contributed by atoms with Crippen LogP contribution >= 0.6 is 0 Å². The fraction of sp³-hybridized carbons (Fsp3) is 0.533. The van der Waals surface area contributed by atoms with Gasteiger partial charge in [0.25, 0.3) is 0 Å². The lowest BCUT2D eigenvalue weighted by Crippen LogP contribution is -2.40. The lowest BCUT2D eigenvalue weighted by molar-refractivity contribution is -0.139. The van der Waals surface area contributed by atoms with E-state index in [2.05, 4.69) is 0 Å². The summed E-state index contributed by atoms with van der Waals surface area (Å²) in [4.78, 5) is 13.9. The number of rotatable bonds is 6. The van der Waals surface area contributed by atoms with Crippen LogP contribution in [-0.2, 0) is 17.4 Å². The van der Waals surface area contributed by atoms with Crippen LogP contribution in [0, 0.1) is 5.92 Å². The second-order valence-corrected chi connectivity index (χ2v) is 4.80. The highest BCUT2D eigenvalue weighted by atomic mass is 19.4. The number of halogens is 3. The Kier molecular flexibility index (Phi) is 6.20. The molecule has 6 heteroatoms. The molecule has 1 rings (SSSR count). The van der Waals surface area contributed by atoms with E-state index in [-0.39, 0.29) is 24.4 Å². The van der Waals surface area contributed by atoms with Gasteiger partial charge in [-0.05, 0) is 31.9 Å². The predicted molar refractivity (Wildman–Crippen MR) is 75.6 cm³/mol. The van der Waals surface area contributed by atoms with Crippen molar-refractivity contribution in [1.82, 2.24) is 4.90 Å². The van der Waals surface area contributed by atoms with Gasteiger partial charge in [-0.25, -0.2) is 0 Å². The largest absolute Gasteiger partial charge is 0.416 e. The first kappa shape index (κ1) is 17.5. The molecule has 118 valence electrons. The molecule has 0 bridgehead atoms. The van der Waals surface area contributed by atoms with Crippen LogP contribution in [0.3, 0.4) is 0 Å². The topological polar surface area (TPSA) is 46.3 Å². The van der Waals surface area contributed by atoms with Gasteiger partial charge in [0.2, 0.25) is 5.91 Å². The van der Waals surface area contributed by atoms with Crippen molar-refractivity contribution in [3.8, 4) is 0 Å². The second-order valence-electron chi connectivity index (χ2n) is 4.80. The molecule has 1 unspecified atom stereocenters. The van der Waals surface area contributed by atoms with Gasteiger partial charge >= 0.3 is 6.18 Å². The second kappa shape index (κ2) is 7.45. The third-order valence-electron chi connectivity index (χ3n) is 3.50. The zero-order valence-electron chi connectivity index (χ0n) is 12.3. The van der Waals surface area contributed by atoms with E-state index in [9.17, 15) is 18.0 Å². The van der Waals surface area contributed by atoms with E-state index in [1.807, 2.05) is 13.8 Å². The van der Waals surface area contributed by atoms with Crippen molar-refractivity contribution in [2.45, 2.75) is 26.4 Å². The monoisotopic (exact) mass is 302 g/mol. The van der Waals surface area contributed by atoms with Crippen LogP contribution in [0.25, 0.3) is 0 Å². The van der Waals surface area contributed by atoms with Gasteiger partial charge in [0, 0.05) is 19.6 Å². The summed E-state index contributed by atoms with van der Waals surface area (Å²) in [5.41, 5.74) is 5.01. The van der Waals surface area contributed by atoms with Gasteiger partial charge in [-0.15, -0.1) is 0 Å². The molecule has 0 aromatic heterocycles. The van der Waals surface area contributed by atoms with Gasteiger partial charge in [0.05, 0.1) is 11.5 Å². The average Bonchev–Trinajstić information content (AvgIpc) is 2.45. The molecule has 1 aromatic rings. The third-order valence-corrected chi connectivity index (χ3v) is 3.50. The maximum Gasteiger partial charge on any atom is 0.416 e. The predicted octanol–water partition coefficient (Wildman–Crippen LogP) is 2.69. The first-order valence-electron chi connectivity index (χ1n) is 6.99. The molecule has 21 heavy (non-hydrogen) atoms. The number of carbonyl (C=O) groups is 1. The molecule has 0 aliphatic heterocycles. The number of carbonyl (C=O) groups excluding carboxylic acids is 1. The smallest absolute Gasteiger partial charge is 0.343 e. The fourth-order valence-corrected chi connectivity index (χ4v) is 2.31. The van der Waals surface area contributed by atoms with Gasteiger partial charge in [0.1, 0.15) is 0 Å². The summed E-state index contributed by atoms with van der Waals surface area (Å²) in [6.45, 7) is 4.73. The van der Waals surface area contributed by atoms with E-state index in [1.54, 1.807) is 11.0 Å². The standard InChI is InChI=1S/C15H21F3N2O/c1-3-20(4-2)14(21)12(10-19)9-11-7-5-6-8-13(11)15(16,17)18/h5-8,12H,3-4,9-10,19H2,1-2H3. The van der Waals surface area contributed by atoms with Crippen molar-refractivity contribution in [3.63, 3.8) is 0 Å². The Hall–Kier alpha value is -1.56. The maximum absolute atomic E-state index is 13.0. The van der Waals surface area contributed by atoms with Crippen molar-refractivity contribution < 1.29 is 18.0 Å². The molecule has 0 radical (unpaired) electrons. The van der Waals surface area contributed by atoms with E-state index in [0.29, 0.717) is 13.1 Å². The van der Waals surface area contributed by atoms with E-state index < -0.39 is 17.7 Å². The van der Waals surface area contributed by atoms with E-state index in [0.717, 1.165) is 6.07 Å².